The summed E-state index contributed by atoms with van der Waals surface area (Å²) in [7, 11) is 2.56. The van der Waals surface area contributed by atoms with Gasteiger partial charge in [-0.05, 0) is 72.2 Å². The van der Waals surface area contributed by atoms with Crippen molar-refractivity contribution in [3.63, 3.8) is 0 Å². The third-order valence-electron chi connectivity index (χ3n) is 11.5. The van der Waals surface area contributed by atoms with E-state index >= 15 is 0 Å². The van der Waals surface area contributed by atoms with Crippen LogP contribution in [-0.2, 0) is 25.5 Å². The van der Waals surface area contributed by atoms with Crippen LogP contribution < -0.4 is 10.6 Å². The summed E-state index contributed by atoms with van der Waals surface area (Å²) < 4.78 is 9.66. The van der Waals surface area contributed by atoms with E-state index in [2.05, 4.69) is 42.4 Å². The van der Waals surface area contributed by atoms with E-state index < -0.39 is 24.3 Å². The molecule has 0 spiro atoms. The van der Waals surface area contributed by atoms with Gasteiger partial charge in [-0.3, -0.25) is 9.59 Å². The molecule has 0 bridgehead atoms. The maximum Gasteiger partial charge on any atom is 0.407 e. The molecule has 4 amide bonds. The monoisotopic (exact) mass is 844 g/mol. The molecule has 4 aromatic carbocycles. The van der Waals surface area contributed by atoms with Crippen LogP contribution in [0.4, 0.5) is 9.59 Å². The molecule has 320 valence electrons. The third kappa shape index (κ3) is 9.79. The number of carbonyl (C=O) groups is 4. The zero-order valence-corrected chi connectivity index (χ0v) is 35.0. The van der Waals surface area contributed by atoms with Crippen LogP contribution in [0.3, 0.4) is 0 Å². The Kier molecular flexibility index (Phi) is 12.9. The van der Waals surface area contributed by atoms with Crippen LogP contribution in [0.5, 0.6) is 0 Å². The van der Waals surface area contributed by atoms with Gasteiger partial charge in [0.2, 0.25) is 5.91 Å². The fourth-order valence-electron chi connectivity index (χ4n) is 8.27. The first-order valence-corrected chi connectivity index (χ1v) is 21.0. The number of imidazole rings is 2. The predicted octanol–water partition coefficient (Wildman–Crippen LogP) is 7.26. The zero-order chi connectivity index (χ0) is 43.7. The van der Waals surface area contributed by atoms with E-state index in [4.69, 9.17) is 9.47 Å². The summed E-state index contributed by atoms with van der Waals surface area (Å²) in [6, 6.07) is 32.4. The Morgan fingerprint density at radius 2 is 1.13 bits per heavy atom. The van der Waals surface area contributed by atoms with Crippen LogP contribution in [0.1, 0.15) is 77.7 Å². The topological polar surface area (TPSA) is 175 Å². The Labute approximate surface area is 365 Å². The van der Waals surface area contributed by atoms with E-state index in [1.807, 2.05) is 109 Å². The number of hydrogen-bond donors (Lipinski definition) is 4. The van der Waals surface area contributed by atoms with Gasteiger partial charge < -0.3 is 39.9 Å². The Morgan fingerprint density at radius 3 is 1.63 bits per heavy atom. The molecule has 2 aromatic heterocycles. The molecule has 14 nitrogen and oxygen atoms in total. The average molecular weight is 845 g/mol. The van der Waals surface area contributed by atoms with Crippen molar-refractivity contribution < 1.29 is 28.7 Å². The smallest absolute Gasteiger partial charge is 0.407 e. The fourth-order valence-corrected chi connectivity index (χ4v) is 8.27. The van der Waals surface area contributed by atoms with E-state index in [-0.39, 0.29) is 23.9 Å². The van der Waals surface area contributed by atoms with Crippen LogP contribution in [0.25, 0.3) is 22.5 Å². The number of nitrogens with one attached hydrogen (secondary N) is 4. The van der Waals surface area contributed by atoms with E-state index in [0.29, 0.717) is 36.7 Å². The molecule has 2 aliphatic heterocycles. The van der Waals surface area contributed by atoms with Gasteiger partial charge in [0.25, 0.3) is 5.91 Å². The summed E-state index contributed by atoms with van der Waals surface area (Å²) in [5.74, 6) is 7.50. The lowest BCUT2D eigenvalue weighted by atomic mass is 10.0. The van der Waals surface area contributed by atoms with Gasteiger partial charge in [0, 0.05) is 30.6 Å². The van der Waals surface area contributed by atoms with Gasteiger partial charge in [0.05, 0.1) is 50.1 Å². The minimum absolute atomic E-state index is 0.176. The second kappa shape index (κ2) is 19.4. The number of rotatable bonds is 11. The molecule has 63 heavy (non-hydrogen) atoms. The third-order valence-corrected chi connectivity index (χ3v) is 11.5. The lowest BCUT2D eigenvalue weighted by Gasteiger charge is -2.28. The highest BCUT2D eigenvalue weighted by atomic mass is 16.5. The molecule has 2 fully saturated rings. The first-order valence-electron chi connectivity index (χ1n) is 21.0. The van der Waals surface area contributed by atoms with Gasteiger partial charge in [-0.25, -0.2) is 19.6 Å². The molecule has 4 N–H and O–H groups in total. The molecular weight excluding hydrogens is 797 g/mol. The molecule has 6 aromatic rings. The number of amides is 4. The van der Waals surface area contributed by atoms with Crippen molar-refractivity contribution in [1.82, 2.24) is 40.4 Å². The first-order chi connectivity index (χ1) is 30.8. The van der Waals surface area contributed by atoms with Crippen LogP contribution in [0.15, 0.2) is 122 Å². The van der Waals surface area contributed by atoms with Crippen molar-refractivity contribution in [3.8, 4) is 34.4 Å². The molecule has 14 heteroatoms. The number of hydrogen-bond acceptors (Lipinski definition) is 8. The summed E-state index contributed by atoms with van der Waals surface area (Å²) >= 11 is 0. The standard InChI is InChI=1S/C49H48N8O6/c1-62-48(60)54-38(29-34-11-5-3-6-12-34)46(58)56-27-9-15-41(56)44-50-30-39(52-44)35-23-19-32(20-24-35)17-18-33-21-25-36(26-22-33)40-31-51-45(53-40)42-16-10-28-57(42)47(59)43(55-49(61)63-2)37-13-7-4-8-14-37/h3-8,11-14,19-26,30-31,38,41-43H,9-10,15-16,27-29H2,1-2H3,(H,50,52)(H,51,53)(H,54,60)(H,55,61). The van der Waals surface area contributed by atoms with E-state index in [1.165, 1.54) is 14.2 Å². The maximum absolute atomic E-state index is 13.9. The summed E-state index contributed by atoms with van der Waals surface area (Å²) in [5, 5.41) is 5.44. The number of benzene rings is 4. The van der Waals surface area contributed by atoms with Crippen molar-refractivity contribution in [2.24, 2.45) is 0 Å². The number of ether oxygens (including phenoxy) is 2. The largest absolute Gasteiger partial charge is 0.453 e. The molecule has 2 aliphatic rings. The fraction of sp³-hybridized carbons (Fsp3) is 0.265. The number of methoxy groups -OCH3 is 2. The zero-order valence-electron chi connectivity index (χ0n) is 35.0. The minimum atomic E-state index is -0.886. The van der Waals surface area contributed by atoms with Gasteiger partial charge in [-0.1, -0.05) is 96.8 Å². The van der Waals surface area contributed by atoms with Crippen molar-refractivity contribution in [2.75, 3.05) is 27.3 Å². The van der Waals surface area contributed by atoms with Gasteiger partial charge in [-0.15, -0.1) is 0 Å². The van der Waals surface area contributed by atoms with E-state index in [1.54, 1.807) is 22.2 Å². The summed E-state index contributed by atoms with van der Waals surface area (Å²) in [6.07, 6.45) is 5.71. The average Bonchev–Trinajstić information content (AvgIpc) is 4.18. The number of nitrogens with zero attached hydrogens (tertiary/aromatic N) is 4. The number of H-pyrrole nitrogens is 2. The molecular formula is C49H48N8O6. The highest BCUT2D eigenvalue weighted by Gasteiger charge is 2.38. The molecule has 0 saturated carbocycles. The van der Waals surface area contributed by atoms with E-state index in [0.717, 1.165) is 64.9 Å². The predicted molar refractivity (Wildman–Crippen MR) is 236 cm³/mol. The molecule has 2 saturated heterocycles. The van der Waals surface area contributed by atoms with Crippen LogP contribution in [-0.4, -0.2) is 87.1 Å². The molecule has 0 aliphatic carbocycles. The Bertz CT molecular complexity index is 2600. The van der Waals surface area contributed by atoms with Crippen molar-refractivity contribution >= 4 is 24.0 Å². The Hall–Kier alpha value is -7.66. The number of carbonyl (C=O) groups excluding carboxylic acids is 4. The second-order valence-corrected chi connectivity index (χ2v) is 15.5. The second-order valence-electron chi connectivity index (χ2n) is 15.5. The molecule has 8 rings (SSSR count). The quantitative estimate of drug-likeness (QED) is 0.0987. The van der Waals surface area contributed by atoms with Crippen molar-refractivity contribution in [2.45, 2.75) is 56.3 Å². The number of alkyl carbamates (subject to hydrolysis) is 2. The Morgan fingerprint density at radius 1 is 0.651 bits per heavy atom. The van der Waals surface area contributed by atoms with Crippen molar-refractivity contribution in [3.05, 3.63) is 155 Å². The van der Waals surface area contributed by atoms with Crippen LogP contribution >= 0.6 is 0 Å². The highest BCUT2D eigenvalue weighted by molar-refractivity contribution is 5.88. The minimum Gasteiger partial charge on any atom is -0.453 e. The van der Waals surface area contributed by atoms with Gasteiger partial charge in [-0.2, -0.15) is 0 Å². The molecule has 0 radical (unpaired) electrons. The Balaban J connectivity index is 0.895. The normalized spacial score (nSPS) is 16.7. The van der Waals surface area contributed by atoms with Crippen LogP contribution in [0.2, 0.25) is 0 Å². The summed E-state index contributed by atoms with van der Waals surface area (Å²) in [6.45, 7) is 1.11. The van der Waals surface area contributed by atoms with E-state index in [9.17, 15) is 19.2 Å². The highest BCUT2D eigenvalue weighted by Crippen LogP contribution is 2.35. The number of aromatic amines is 2. The first kappa shape index (κ1) is 42.0. The number of aromatic nitrogens is 4. The SMILES string of the molecule is COC(=O)NC(Cc1ccccc1)C(=O)N1CCCC1c1ncc(-c2ccc(C#Cc3ccc(-c4cnc(C5CCCN5C(=O)C(NC(=O)OC)c5ccccc5)[nH]4)cc3)cc2)[nH]1. The molecule has 4 heterocycles. The summed E-state index contributed by atoms with van der Waals surface area (Å²) in [4.78, 5) is 72.0. The van der Waals surface area contributed by atoms with Gasteiger partial charge in [0.15, 0.2) is 0 Å². The number of likely N-dealkylation sites (tertiary alicyclic amines) is 2. The maximum atomic E-state index is 13.9. The van der Waals surface area contributed by atoms with Gasteiger partial charge in [0.1, 0.15) is 23.7 Å². The molecule has 4 atom stereocenters. The lowest BCUT2D eigenvalue weighted by molar-refractivity contribution is -0.135. The summed E-state index contributed by atoms with van der Waals surface area (Å²) in [5.41, 5.74) is 6.83. The van der Waals surface area contributed by atoms with Crippen molar-refractivity contribution in [1.29, 1.82) is 0 Å². The molecule has 4 unspecified atom stereocenters. The lowest BCUT2D eigenvalue weighted by Crippen LogP contribution is -2.49. The van der Waals surface area contributed by atoms with Gasteiger partial charge >= 0.3 is 12.2 Å². The van der Waals surface area contributed by atoms with Crippen LogP contribution in [0, 0.1) is 11.8 Å².